The zero-order chi connectivity index (χ0) is 20.8. The van der Waals surface area contributed by atoms with Crippen molar-refractivity contribution in [3.05, 3.63) is 69.8 Å². The molecule has 0 saturated heterocycles. The zero-order valence-electron chi connectivity index (χ0n) is 15.7. The molecule has 1 N–H and O–H groups in total. The Labute approximate surface area is 176 Å². The number of methoxy groups -OCH3 is 1. The largest absolute Gasteiger partial charge is 0.497 e. The maximum absolute atomic E-state index is 13.8. The average molecular weight is 430 g/mol. The lowest BCUT2D eigenvalue weighted by Gasteiger charge is -2.34. The third kappa shape index (κ3) is 2.94. The third-order valence-corrected chi connectivity index (χ3v) is 6.63. The van der Waals surface area contributed by atoms with E-state index in [2.05, 4.69) is 5.32 Å². The molecule has 0 bridgehead atoms. The van der Waals surface area contributed by atoms with Crippen LogP contribution in [0.1, 0.15) is 29.3 Å². The number of halogens is 2. The van der Waals surface area contributed by atoms with Gasteiger partial charge in [-0.15, -0.1) is 11.3 Å². The van der Waals surface area contributed by atoms with Gasteiger partial charge in [-0.25, -0.2) is 4.39 Å². The number of carbonyl (C=O) groups is 2. The van der Waals surface area contributed by atoms with Gasteiger partial charge in [-0.2, -0.15) is 0 Å². The first-order valence-corrected chi connectivity index (χ1v) is 10.2. The van der Waals surface area contributed by atoms with Gasteiger partial charge in [0.15, 0.2) is 5.78 Å². The molecule has 1 aliphatic rings. The fourth-order valence-electron chi connectivity index (χ4n) is 3.78. The van der Waals surface area contributed by atoms with Crippen LogP contribution in [-0.2, 0) is 10.2 Å². The zero-order valence-corrected chi connectivity index (χ0v) is 17.3. The number of Topliss-reactive ketones (excluding diaryl/α,β-unsaturated/α-hetero) is 1. The summed E-state index contributed by atoms with van der Waals surface area (Å²) in [5.74, 6) is -0.541. The summed E-state index contributed by atoms with van der Waals surface area (Å²) in [7, 11) is 1.53. The van der Waals surface area contributed by atoms with E-state index in [1.54, 1.807) is 43.3 Å². The Morgan fingerprint density at radius 2 is 1.86 bits per heavy atom. The lowest BCUT2D eigenvalue weighted by Crippen LogP contribution is -2.50. The number of hydrogen-bond donors (Lipinski definition) is 1. The molecule has 7 heteroatoms. The van der Waals surface area contributed by atoms with Crippen molar-refractivity contribution in [3.8, 4) is 16.9 Å². The van der Waals surface area contributed by atoms with Gasteiger partial charge in [-0.05, 0) is 41.8 Å². The van der Waals surface area contributed by atoms with Crippen molar-refractivity contribution < 1.29 is 18.7 Å². The lowest BCUT2D eigenvalue weighted by molar-refractivity contribution is -0.120. The molecule has 0 aliphatic carbocycles. The number of rotatable bonds is 4. The number of thiophene rings is 1. The van der Waals surface area contributed by atoms with Crippen LogP contribution in [0, 0.1) is 5.82 Å². The van der Waals surface area contributed by atoms with E-state index >= 15 is 0 Å². The summed E-state index contributed by atoms with van der Waals surface area (Å²) in [6.07, 6.45) is 0.264. The minimum absolute atomic E-state index is 0.264. The number of hydrogen-bond acceptors (Lipinski definition) is 4. The molecule has 0 saturated carbocycles. The molecule has 1 amide bonds. The predicted octanol–water partition coefficient (Wildman–Crippen LogP) is 5.70. The molecule has 1 unspecified atom stereocenters. The van der Waals surface area contributed by atoms with Crippen LogP contribution in [0.5, 0.6) is 5.75 Å². The summed E-state index contributed by atoms with van der Waals surface area (Å²) in [4.78, 5) is 27.0. The molecule has 0 fully saturated rings. The molecule has 1 aromatic heterocycles. The number of ketones is 1. The van der Waals surface area contributed by atoms with Crippen LogP contribution < -0.4 is 10.1 Å². The second-order valence-electron chi connectivity index (χ2n) is 6.74. The second-order valence-corrected chi connectivity index (χ2v) is 8.36. The monoisotopic (exact) mass is 429 g/mol. The van der Waals surface area contributed by atoms with Crippen molar-refractivity contribution in [1.82, 2.24) is 0 Å². The molecule has 4 rings (SSSR count). The van der Waals surface area contributed by atoms with E-state index in [4.69, 9.17) is 16.3 Å². The van der Waals surface area contributed by atoms with Gasteiger partial charge in [0.1, 0.15) is 26.3 Å². The van der Waals surface area contributed by atoms with Gasteiger partial charge >= 0.3 is 0 Å². The van der Waals surface area contributed by atoms with Crippen LogP contribution in [0.15, 0.2) is 48.5 Å². The number of benzene rings is 2. The third-order valence-electron chi connectivity index (χ3n) is 5.32. The van der Waals surface area contributed by atoms with E-state index in [9.17, 15) is 14.0 Å². The van der Waals surface area contributed by atoms with Crippen molar-refractivity contribution in [2.75, 3.05) is 12.4 Å². The highest BCUT2D eigenvalue weighted by Crippen LogP contribution is 2.50. The standard InChI is InChI=1S/C22H17ClFNO3S/c1-3-22(13-5-4-6-15(11-13)28-2)18(26)17-16(12-7-9-14(24)10-8-12)19(23)29-20(17)25-21(22)27/h4-11H,3H2,1-2H3,(H,25,27). The fraction of sp³-hybridized carbons (Fsp3) is 0.182. The molecule has 0 radical (unpaired) electrons. The smallest absolute Gasteiger partial charge is 0.243 e. The quantitative estimate of drug-likeness (QED) is 0.541. The molecular formula is C22H17ClFNO3S. The van der Waals surface area contributed by atoms with Gasteiger partial charge < -0.3 is 10.1 Å². The summed E-state index contributed by atoms with van der Waals surface area (Å²) < 4.78 is 19.1. The van der Waals surface area contributed by atoms with Gasteiger partial charge in [0, 0.05) is 5.56 Å². The summed E-state index contributed by atoms with van der Waals surface area (Å²) in [6, 6.07) is 12.8. The molecule has 1 aliphatic heterocycles. The highest BCUT2D eigenvalue weighted by Gasteiger charge is 2.52. The Balaban J connectivity index is 1.94. The Kier molecular flexibility index (Phi) is 4.92. The molecule has 2 heterocycles. The summed E-state index contributed by atoms with van der Waals surface area (Å²) in [6.45, 7) is 1.80. The van der Waals surface area contributed by atoms with E-state index < -0.39 is 11.3 Å². The van der Waals surface area contributed by atoms with Crippen LogP contribution >= 0.6 is 22.9 Å². The van der Waals surface area contributed by atoms with Crippen LogP contribution in [0.4, 0.5) is 9.39 Å². The highest BCUT2D eigenvalue weighted by atomic mass is 35.5. The first-order valence-electron chi connectivity index (χ1n) is 9.01. The maximum atomic E-state index is 13.8. The van der Waals surface area contributed by atoms with Gasteiger partial charge in [-0.1, -0.05) is 42.8 Å². The van der Waals surface area contributed by atoms with Gasteiger partial charge in [0.2, 0.25) is 5.91 Å². The predicted molar refractivity (Wildman–Crippen MR) is 113 cm³/mol. The van der Waals surface area contributed by atoms with Gasteiger partial charge in [-0.3, -0.25) is 9.59 Å². The molecule has 4 nitrogen and oxygen atoms in total. The van der Waals surface area contributed by atoms with E-state index in [-0.39, 0.29) is 18.0 Å². The lowest BCUT2D eigenvalue weighted by atomic mass is 9.69. The number of nitrogens with one attached hydrogen (secondary N) is 1. The Hall–Kier alpha value is -2.70. The Bertz CT molecular complexity index is 1130. The first kappa shape index (κ1) is 19.6. The van der Waals surface area contributed by atoms with E-state index in [1.807, 2.05) is 0 Å². The van der Waals surface area contributed by atoms with Gasteiger partial charge in [0.05, 0.1) is 12.7 Å². The minimum Gasteiger partial charge on any atom is -0.497 e. The number of amides is 1. The molecule has 148 valence electrons. The van der Waals surface area contributed by atoms with Crippen LogP contribution in [-0.4, -0.2) is 18.8 Å². The molecule has 1 atom stereocenters. The summed E-state index contributed by atoms with van der Waals surface area (Å²) in [5, 5.41) is 3.28. The number of carbonyl (C=O) groups excluding carboxylic acids is 2. The van der Waals surface area contributed by atoms with Gasteiger partial charge in [0.25, 0.3) is 0 Å². The van der Waals surface area contributed by atoms with Crippen LogP contribution in [0.3, 0.4) is 0 Å². The number of fused-ring (bicyclic) bond motifs is 1. The van der Waals surface area contributed by atoms with Crippen LogP contribution in [0.25, 0.3) is 11.1 Å². The van der Waals surface area contributed by atoms with Crippen molar-refractivity contribution in [3.63, 3.8) is 0 Å². The van der Waals surface area contributed by atoms with Crippen LogP contribution in [0.2, 0.25) is 4.34 Å². The first-order chi connectivity index (χ1) is 13.9. The van der Waals surface area contributed by atoms with Crippen molar-refractivity contribution in [2.24, 2.45) is 0 Å². The molecule has 29 heavy (non-hydrogen) atoms. The SMILES string of the molecule is CCC1(c2cccc(OC)c2)C(=O)Nc2sc(Cl)c(-c3ccc(F)cc3)c2C1=O. The van der Waals surface area contributed by atoms with Crippen molar-refractivity contribution in [2.45, 2.75) is 18.8 Å². The normalized spacial score (nSPS) is 18.3. The topological polar surface area (TPSA) is 55.4 Å². The second kappa shape index (κ2) is 7.28. The Morgan fingerprint density at radius 1 is 1.14 bits per heavy atom. The van der Waals surface area contributed by atoms with Crippen molar-refractivity contribution in [1.29, 1.82) is 0 Å². The fourth-order valence-corrected chi connectivity index (χ4v) is 5.16. The Morgan fingerprint density at radius 3 is 2.52 bits per heavy atom. The van der Waals surface area contributed by atoms with E-state index in [0.29, 0.717) is 37.3 Å². The molecular weight excluding hydrogens is 413 g/mol. The molecule has 2 aromatic carbocycles. The van der Waals surface area contributed by atoms with Crippen molar-refractivity contribution >= 4 is 39.6 Å². The highest BCUT2D eigenvalue weighted by molar-refractivity contribution is 7.21. The maximum Gasteiger partial charge on any atom is 0.243 e. The van der Waals surface area contributed by atoms with E-state index in [0.717, 1.165) is 11.3 Å². The molecule has 0 spiro atoms. The number of anilines is 1. The summed E-state index contributed by atoms with van der Waals surface area (Å²) in [5.41, 5.74) is 0.642. The van der Waals surface area contributed by atoms with E-state index in [1.165, 1.54) is 19.2 Å². The number of ether oxygens (including phenoxy) is 1. The average Bonchev–Trinajstić information content (AvgIpc) is 3.05. The minimum atomic E-state index is -1.40. The summed E-state index contributed by atoms with van der Waals surface area (Å²) >= 11 is 7.59. The molecule has 3 aromatic rings.